The quantitative estimate of drug-likeness (QED) is 0.0423. The zero-order valence-corrected chi connectivity index (χ0v) is 39.6. The maximum Gasteiger partial charge on any atom is 0.220 e. The minimum absolute atomic E-state index is 0.0420. The monoisotopic (exact) mass is 816 g/mol. The predicted octanol–water partition coefficient (Wildman–Crippen LogP) is 17.1. The van der Waals surface area contributed by atoms with Crippen molar-refractivity contribution in [1.29, 1.82) is 0 Å². The van der Waals surface area contributed by atoms with Crippen molar-refractivity contribution in [2.45, 2.75) is 309 Å². The molecule has 0 fully saturated rings. The number of aliphatic hydroxyl groups excluding tert-OH is 2. The van der Waals surface area contributed by atoms with E-state index < -0.39 is 12.1 Å². The minimum atomic E-state index is -0.665. The Kier molecular flexibility index (Phi) is 49.2. The van der Waals surface area contributed by atoms with Crippen LogP contribution in [-0.4, -0.2) is 34.9 Å². The summed E-state index contributed by atoms with van der Waals surface area (Å²) in [5.74, 6) is -0.0420. The fourth-order valence-corrected chi connectivity index (χ4v) is 8.39. The van der Waals surface area contributed by atoms with Crippen molar-refractivity contribution >= 4 is 5.91 Å². The molecule has 0 aromatic carbocycles. The summed E-state index contributed by atoms with van der Waals surface area (Å²) in [5, 5.41) is 23.3. The molecule has 0 saturated heterocycles. The second kappa shape index (κ2) is 50.2. The van der Waals surface area contributed by atoms with Gasteiger partial charge in [0.15, 0.2) is 0 Å². The third kappa shape index (κ3) is 45.9. The summed E-state index contributed by atoms with van der Waals surface area (Å²) in [5.41, 5.74) is 0. The molecule has 3 N–H and O–H groups in total. The summed E-state index contributed by atoms with van der Waals surface area (Å²) < 4.78 is 0. The summed E-state index contributed by atoms with van der Waals surface area (Å²) in [6.07, 6.45) is 65.9. The molecule has 0 bridgehead atoms. The van der Waals surface area contributed by atoms with Gasteiger partial charge in [-0.05, 0) is 44.9 Å². The van der Waals surface area contributed by atoms with Gasteiger partial charge in [0.05, 0.1) is 18.8 Å². The number of carbonyl (C=O) groups excluding carboxylic acids is 1. The molecule has 0 aliphatic carbocycles. The SMILES string of the molecule is CCCCC/C=C\C/C=C\CCCCCCCC(=O)NC(CO)C(O)CCCCCCCCCCCCCCCCCCCCCCCCCCCCCCCCC. The van der Waals surface area contributed by atoms with Gasteiger partial charge in [0.1, 0.15) is 0 Å². The van der Waals surface area contributed by atoms with Gasteiger partial charge in [-0.2, -0.15) is 0 Å². The van der Waals surface area contributed by atoms with Crippen LogP contribution in [0.25, 0.3) is 0 Å². The van der Waals surface area contributed by atoms with Crippen molar-refractivity contribution in [1.82, 2.24) is 5.32 Å². The van der Waals surface area contributed by atoms with Crippen LogP contribution in [0.15, 0.2) is 24.3 Å². The molecule has 0 aliphatic rings. The highest BCUT2D eigenvalue weighted by atomic mass is 16.3. The van der Waals surface area contributed by atoms with Gasteiger partial charge >= 0.3 is 0 Å². The number of hydrogen-bond donors (Lipinski definition) is 3. The standard InChI is InChI=1S/C54H105NO3/c1-3-5-7-9-11-13-15-17-19-20-21-22-23-24-25-26-27-28-29-30-31-32-33-34-36-37-39-41-43-45-47-49-53(57)52(51-56)55-54(58)50-48-46-44-42-40-38-35-18-16-14-12-10-8-6-4-2/h12,14,18,35,52-53,56-57H,3-11,13,15-17,19-34,36-51H2,1-2H3,(H,55,58)/b14-12-,35-18-. The van der Waals surface area contributed by atoms with E-state index in [-0.39, 0.29) is 12.5 Å². The largest absolute Gasteiger partial charge is 0.394 e. The van der Waals surface area contributed by atoms with Crippen molar-refractivity contribution < 1.29 is 15.0 Å². The molecule has 0 saturated carbocycles. The van der Waals surface area contributed by atoms with Crippen LogP contribution in [0.1, 0.15) is 296 Å². The number of aliphatic hydroxyl groups is 2. The molecule has 0 aromatic heterocycles. The molecule has 2 unspecified atom stereocenters. The van der Waals surface area contributed by atoms with Gasteiger partial charge in [0.2, 0.25) is 5.91 Å². The van der Waals surface area contributed by atoms with Crippen molar-refractivity contribution in [2.24, 2.45) is 0 Å². The average Bonchev–Trinajstić information content (AvgIpc) is 3.23. The number of unbranched alkanes of at least 4 members (excludes halogenated alkanes) is 38. The van der Waals surface area contributed by atoms with Crippen LogP contribution in [0, 0.1) is 0 Å². The highest BCUT2D eigenvalue weighted by Crippen LogP contribution is 2.18. The number of rotatable bonds is 49. The molecule has 58 heavy (non-hydrogen) atoms. The molecule has 4 heteroatoms. The Labute approximate surface area is 364 Å². The zero-order chi connectivity index (χ0) is 42.1. The van der Waals surface area contributed by atoms with E-state index >= 15 is 0 Å². The lowest BCUT2D eigenvalue weighted by atomic mass is 10.0. The fourth-order valence-electron chi connectivity index (χ4n) is 8.39. The number of carbonyl (C=O) groups is 1. The van der Waals surface area contributed by atoms with Crippen molar-refractivity contribution in [3.63, 3.8) is 0 Å². The Bertz CT molecular complexity index is 840. The maximum absolute atomic E-state index is 12.4. The van der Waals surface area contributed by atoms with E-state index in [9.17, 15) is 15.0 Å². The fraction of sp³-hybridized carbons (Fsp3) is 0.907. The molecule has 2 atom stereocenters. The third-order valence-corrected chi connectivity index (χ3v) is 12.5. The lowest BCUT2D eigenvalue weighted by Gasteiger charge is -2.22. The van der Waals surface area contributed by atoms with Crippen LogP contribution < -0.4 is 5.32 Å². The Morgan fingerprint density at radius 2 is 0.707 bits per heavy atom. The molecule has 1 amide bonds. The molecule has 0 aromatic rings. The molecule has 0 rings (SSSR count). The average molecular weight is 816 g/mol. The summed E-state index contributed by atoms with van der Waals surface area (Å²) in [6.45, 7) is 4.35. The van der Waals surface area contributed by atoms with Gasteiger partial charge in [-0.15, -0.1) is 0 Å². The highest BCUT2D eigenvalue weighted by Gasteiger charge is 2.20. The summed E-state index contributed by atoms with van der Waals surface area (Å²) in [6, 6.07) is -0.543. The minimum Gasteiger partial charge on any atom is -0.394 e. The Morgan fingerprint density at radius 1 is 0.414 bits per heavy atom. The van der Waals surface area contributed by atoms with Crippen LogP contribution in [0.2, 0.25) is 0 Å². The topological polar surface area (TPSA) is 69.6 Å². The Hall–Kier alpha value is -1.13. The molecule has 0 aliphatic heterocycles. The van der Waals surface area contributed by atoms with Crippen LogP contribution in [0.4, 0.5) is 0 Å². The van der Waals surface area contributed by atoms with Gasteiger partial charge in [0, 0.05) is 6.42 Å². The summed E-state index contributed by atoms with van der Waals surface area (Å²) in [7, 11) is 0. The molecular formula is C54H105NO3. The van der Waals surface area contributed by atoms with Crippen LogP contribution in [0.3, 0.4) is 0 Å². The smallest absolute Gasteiger partial charge is 0.220 e. The molecule has 344 valence electrons. The number of hydrogen-bond acceptors (Lipinski definition) is 3. The van der Waals surface area contributed by atoms with E-state index in [1.165, 1.54) is 225 Å². The number of allylic oxidation sites excluding steroid dienone is 4. The number of nitrogens with one attached hydrogen (secondary N) is 1. The first kappa shape index (κ1) is 56.9. The normalized spacial score (nSPS) is 13.0. The van der Waals surface area contributed by atoms with Gasteiger partial charge in [-0.25, -0.2) is 0 Å². The van der Waals surface area contributed by atoms with Crippen LogP contribution >= 0.6 is 0 Å². The van der Waals surface area contributed by atoms with E-state index in [0.29, 0.717) is 12.8 Å². The first-order valence-electron chi connectivity index (χ1n) is 26.5. The van der Waals surface area contributed by atoms with Crippen molar-refractivity contribution in [2.75, 3.05) is 6.61 Å². The zero-order valence-electron chi connectivity index (χ0n) is 39.6. The van der Waals surface area contributed by atoms with Gasteiger partial charge in [0.25, 0.3) is 0 Å². The molecule has 0 spiro atoms. The maximum atomic E-state index is 12.4. The molecular weight excluding hydrogens is 711 g/mol. The molecule has 0 radical (unpaired) electrons. The summed E-state index contributed by atoms with van der Waals surface area (Å²) >= 11 is 0. The Balaban J connectivity index is 3.41. The van der Waals surface area contributed by atoms with Gasteiger partial charge < -0.3 is 15.5 Å². The van der Waals surface area contributed by atoms with Gasteiger partial charge in [-0.1, -0.05) is 269 Å². The van der Waals surface area contributed by atoms with E-state index in [1.54, 1.807) is 0 Å². The lowest BCUT2D eigenvalue weighted by Crippen LogP contribution is -2.45. The first-order valence-corrected chi connectivity index (χ1v) is 26.5. The van der Waals surface area contributed by atoms with Crippen molar-refractivity contribution in [3.05, 3.63) is 24.3 Å². The van der Waals surface area contributed by atoms with Gasteiger partial charge in [-0.3, -0.25) is 4.79 Å². The number of amides is 1. The van der Waals surface area contributed by atoms with E-state index in [2.05, 4.69) is 43.5 Å². The lowest BCUT2D eigenvalue weighted by molar-refractivity contribution is -0.123. The highest BCUT2D eigenvalue weighted by molar-refractivity contribution is 5.76. The predicted molar refractivity (Wildman–Crippen MR) is 258 cm³/mol. The first-order chi connectivity index (χ1) is 28.7. The third-order valence-electron chi connectivity index (χ3n) is 12.5. The van der Waals surface area contributed by atoms with E-state index in [1.807, 2.05) is 0 Å². The van der Waals surface area contributed by atoms with Crippen LogP contribution in [-0.2, 0) is 4.79 Å². The second-order valence-corrected chi connectivity index (χ2v) is 18.3. The van der Waals surface area contributed by atoms with Crippen molar-refractivity contribution in [3.8, 4) is 0 Å². The molecule has 4 nitrogen and oxygen atoms in total. The Morgan fingerprint density at radius 3 is 1.07 bits per heavy atom. The second-order valence-electron chi connectivity index (χ2n) is 18.3. The van der Waals surface area contributed by atoms with E-state index in [0.717, 1.165) is 44.9 Å². The van der Waals surface area contributed by atoms with E-state index in [4.69, 9.17) is 0 Å². The summed E-state index contributed by atoms with van der Waals surface area (Å²) in [4.78, 5) is 12.4. The van der Waals surface area contributed by atoms with Crippen LogP contribution in [0.5, 0.6) is 0 Å². The molecule has 0 heterocycles.